The number of rotatable bonds is 2. The molecular formula is C17H16FN5O3. The number of halogens is 1. The van der Waals surface area contributed by atoms with Crippen LogP contribution in [-0.4, -0.2) is 46.2 Å². The maximum atomic E-state index is 13.4. The molecule has 0 aliphatic carbocycles. The fraction of sp³-hybridized carbons (Fsp3) is 0.294. The summed E-state index contributed by atoms with van der Waals surface area (Å²) >= 11 is 0. The minimum atomic E-state index is -1.16. The van der Waals surface area contributed by atoms with Crippen LogP contribution in [0.3, 0.4) is 0 Å². The first-order valence-electron chi connectivity index (χ1n) is 8.15. The maximum absolute atomic E-state index is 13.4. The van der Waals surface area contributed by atoms with Crippen molar-refractivity contribution in [2.75, 3.05) is 28.2 Å². The van der Waals surface area contributed by atoms with Crippen LogP contribution >= 0.6 is 0 Å². The predicted molar refractivity (Wildman–Crippen MR) is 92.2 cm³/mol. The number of hydrogen-bond donors (Lipinski definition) is 2. The van der Waals surface area contributed by atoms with Crippen molar-refractivity contribution in [3.63, 3.8) is 0 Å². The van der Waals surface area contributed by atoms with Gasteiger partial charge in [-0.1, -0.05) is 0 Å². The van der Waals surface area contributed by atoms with E-state index in [1.54, 1.807) is 13.0 Å². The molecule has 4 heterocycles. The maximum Gasteiger partial charge on any atom is 0.354 e. The first kappa shape index (κ1) is 16.2. The van der Waals surface area contributed by atoms with Crippen LogP contribution in [0.5, 0.6) is 0 Å². The molecule has 0 saturated carbocycles. The molecule has 2 aromatic heterocycles. The van der Waals surface area contributed by atoms with Crippen molar-refractivity contribution in [1.82, 2.24) is 9.97 Å². The van der Waals surface area contributed by atoms with Crippen LogP contribution in [0.2, 0.25) is 0 Å². The Morgan fingerprint density at radius 3 is 2.92 bits per heavy atom. The lowest BCUT2D eigenvalue weighted by Crippen LogP contribution is -2.48. The number of carboxylic acid groups (broad SMARTS) is 1. The molecule has 2 amide bonds. The lowest BCUT2D eigenvalue weighted by Gasteiger charge is -2.35. The zero-order chi connectivity index (χ0) is 18.4. The van der Waals surface area contributed by atoms with Gasteiger partial charge in [0.15, 0.2) is 11.5 Å². The third kappa shape index (κ3) is 2.61. The van der Waals surface area contributed by atoms with E-state index in [-0.39, 0.29) is 17.6 Å². The van der Waals surface area contributed by atoms with Gasteiger partial charge in [0, 0.05) is 13.1 Å². The molecule has 0 radical (unpaired) electrons. The number of aryl methyl sites for hydroxylation is 1. The lowest BCUT2D eigenvalue weighted by molar-refractivity contribution is 0.0690. The largest absolute Gasteiger partial charge is 0.477 e. The van der Waals surface area contributed by atoms with E-state index in [4.69, 9.17) is 0 Å². The van der Waals surface area contributed by atoms with E-state index in [9.17, 15) is 19.1 Å². The SMILES string of the molecule is Cc1cc(NC(=O)N2c3nc(C(=O)O)ccc3N3CC[C@H]2C3)ncc1F. The Balaban J connectivity index is 1.69. The highest BCUT2D eigenvalue weighted by Gasteiger charge is 2.40. The minimum Gasteiger partial charge on any atom is -0.477 e. The number of fused-ring (bicyclic) bond motifs is 4. The highest BCUT2D eigenvalue weighted by atomic mass is 19.1. The summed E-state index contributed by atoms with van der Waals surface area (Å²) in [5.74, 6) is -1.07. The molecule has 9 heteroatoms. The first-order chi connectivity index (χ1) is 12.4. The summed E-state index contributed by atoms with van der Waals surface area (Å²) in [6.45, 7) is 3.01. The van der Waals surface area contributed by atoms with Gasteiger partial charge in [0.1, 0.15) is 11.6 Å². The van der Waals surface area contributed by atoms with Gasteiger partial charge in [0.2, 0.25) is 0 Å². The van der Waals surface area contributed by atoms with Crippen LogP contribution in [-0.2, 0) is 0 Å². The van der Waals surface area contributed by atoms with Crippen LogP contribution in [0.4, 0.5) is 26.5 Å². The fourth-order valence-corrected chi connectivity index (χ4v) is 3.37. The number of hydrogen-bond acceptors (Lipinski definition) is 5. The highest BCUT2D eigenvalue weighted by molar-refractivity contribution is 6.04. The molecule has 8 nitrogen and oxygen atoms in total. The molecule has 2 bridgehead atoms. The van der Waals surface area contributed by atoms with Crippen LogP contribution in [0.25, 0.3) is 0 Å². The molecule has 1 fully saturated rings. The van der Waals surface area contributed by atoms with Gasteiger partial charge in [-0.25, -0.2) is 23.9 Å². The summed E-state index contributed by atoms with van der Waals surface area (Å²) < 4.78 is 13.4. The highest BCUT2D eigenvalue weighted by Crippen LogP contribution is 2.39. The zero-order valence-corrected chi connectivity index (χ0v) is 13.9. The fourth-order valence-electron chi connectivity index (χ4n) is 3.37. The second-order valence-corrected chi connectivity index (χ2v) is 6.35. The van der Waals surface area contributed by atoms with Crippen molar-refractivity contribution in [2.45, 2.75) is 19.4 Å². The van der Waals surface area contributed by atoms with E-state index in [0.29, 0.717) is 17.9 Å². The summed E-state index contributed by atoms with van der Waals surface area (Å²) in [4.78, 5) is 35.7. The van der Waals surface area contributed by atoms with E-state index in [2.05, 4.69) is 20.2 Å². The Bertz CT molecular complexity index is 919. The molecule has 134 valence electrons. The van der Waals surface area contributed by atoms with Crippen LogP contribution in [0.15, 0.2) is 24.4 Å². The Hall–Kier alpha value is -3.23. The number of amides is 2. The number of nitrogens with zero attached hydrogens (tertiary/aromatic N) is 4. The van der Waals surface area contributed by atoms with Crippen molar-refractivity contribution < 1.29 is 19.1 Å². The van der Waals surface area contributed by atoms with E-state index < -0.39 is 17.8 Å². The predicted octanol–water partition coefficient (Wildman–Crippen LogP) is 2.25. The van der Waals surface area contributed by atoms with E-state index in [1.165, 1.54) is 17.0 Å². The van der Waals surface area contributed by atoms with Crippen molar-refractivity contribution in [1.29, 1.82) is 0 Å². The molecule has 4 rings (SSSR count). The zero-order valence-electron chi connectivity index (χ0n) is 13.9. The smallest absolute Gasteiger partial charge is 0.354 e. The number of anilines is 3. The van der Waals surface area contributed by atoms with Gasteiger partial charge in [0.25, 0.3) is 0 Å². The molecule has 0 aromatic carbocycles. The number of aromatic nitrogens is 2. The normalized spacial score (nSPS) is 17.8. The Morgan fingerprint density at radius 2 is 2.19 bits per heavy atom. The number of carbonyl (C=O) groups excluding carboxylic acids is 1. The van der Waals surface area contributed by atoms with Crippen molar-refractivity contribution in [3.8, 4) is 0 Å². The topological polar surface area (TPSA) is 98.7 Å². The number of carboxylic acids is 1. The third-order valence-corrected chi connectivity index (χ3v) is 4.67. The molecule has 2 N–H and O–H groups in total. The average Bonchev–Trinajstić information content (AvgIpc) is 3.02. The molecule has 2 aliphatic rings. The number of urea groups is 1. The molecule has 2 aliphatic heterocycles. The summed E-state index contributed by atoms with van der Waals surface area (Å²) in [5.41, 5.74) is 0.967. The summed E-state index contributed by atoms with van der Waals surface area (Å²) in [7, 11) is 0. The number of nitrogens with one attached hydrogen (secondary N) is 1. The van der Waals surface area contributed by atoms with Crippen molar-refractivity contribution >= 4 is 29.3 Å². The quantitative estimate of drug-likeness (QED) is 0.855. The second-order valence-electron chi connectivity index (χ2n) is 6.35. The van der Waals surface area contributed by atoms with Gasteiger partial charge < -0.3 is 10.0 Å². The second kappa shape index (κ2) is 5.94. The lowest BCUT2D eigenvalue weighted by atomic mass is 10.2. The Labute approximate surface area is 148 Å². The standard InChI is InChI=1S/C17H16FN5O3/c1-9-6-14(19-7-11(9)18)21-17(26)23-10-4-5-22(8-10)13-3-2-12(16(24)25)20-15(13)23/h2-3,6-7,10H,4-5,8H2,1H3,(H,24,25)(H,19,21,26)/t10-/m0/s1. The van der Waals surface area contributed by atoms with Gasteiger partial charge in [-0.2, -0.15) is 0 Å². The van der Waals surface area contributed by atoms with Crippen molar-refractivity contribution in [2.24, 2.45) is 0 Å². The van der Waals surface area contributed by atoms with Gasteiger partial charge in [0.05, 0.1) is 17.9 Å². The third-order valence-electron chi connectivity index (χ3n) is 4.67. The van der Waals surface area contributed by atoms with E-state index in [1.807, 2.05) is 0 Å². The van der Waals surface area contributed by atoms with Gasteiger partial charge in [-0.05, 0) is 37.1 Å². The summed E-state index contributed by atoms with van der Waals surface area (Å²) in [6.07, 6.45) is 1.80. The number of aromatic carboxylic acids is 1. The van der Waals surface area contributed by atoms with Crippen LogP contribution in [0, 0.1) is 12.7 Å². The number of pyridine rings is 2. The molecule has 0 unspecified atom stereocenters. The summed E-state index contributed by atoms with van der Waals surface area (Å²) in [6, 6.07) is 3.97. The van der Waals surface area contributed by atoms with Gasteiger partial charge in [-0.15, -0.1) is 0 Å². The first-order valence-corrected chi connectivity index (χ1v) is 8.15. The monoisotopic (exact) mass is 357 g/mol. The molecule has 1 saturated heterocycles. The summed E-state index contributed by atoms with van der Waals surface area (Å²) in [5, 5.41) is 11.9. The molecule has 0 spiro atoms. The Morgan fingerprint density at radius 1 is 1.38 bits per heavy atom. The van der Waals surface area contributed by atoms with Gasteiger partial charge >= 0.3 is 12.0 Å². The molecule has 26 heavy (non-hydrogen) atoms. The molecule has 2 aromatic rings. The molecular weight excluding hydrogens is 341 g/mol. The van der Waals surface area contributed by atoms with Crippen molar-refractivity contribution in [3.05, 3.63) is 41.5 Å². The Kier molecular flexibility index (Phi) is 3.71. The van der Waals surface area contributed by atoms with Crippen LogP contribution in [0.1, 0.15) is 22.5 Å². The van der Waals surface area contributed by atoms with E-state index >= 15 is 0 Å². The average molecular weight is 357 g/mol. The van der Waals surface area contributed by atoms with E-state index in [0.717, 1.165) is 24.8 Å². The molecule has 1 atom stereocenters. The number of carbonyl (C=O) groups is 2. The van der Waals surface area contributed by atoms with Crippen LogP contribution < -0.4 is 15.1 Å². The van der Waals surface area contributed by atoms with Gasteiger partial charge in [-0.3, -0.25) is 10.2 Å². The minimum absolute atomic E-state index is 0.111.